The summed E-state index contributed by atoms with van der Waals surface area (Å²) in [6.45, 7) is 3.55. The van der Waals surface area contributed by atoms with Gasteiger partial charge in [-0.05, 0) is 12.0 Å². The van der Waals surface area contributed by atoms with Crippen molar-refractivity contribution in [3.05, 3.63) is 35.2 Å². The van der Waals surface area contributed by atoms with Crippen molar-refractivity contribution in [2.45, 2.75) is 39.2 Å². The van der Waals surface area contributed by atoms with Crippen molar-refractivity contribution in [3.63, 3.8) is 0 Å². The lowest BCUT2D eigenvalue weighted by Gasteiger charge is -2.07. The van der Waals surface area contributed by atoms with Crippen molar-refractivity contribution >= 4 is 6.01 Å². The molecule has 3 rings (SSSR count). The molecule has 0 saturated carbocycles. The number of nitrogens with one attached hydrogen (secondary N) is 1. The summed E-state index contributed by atoms with van der Waals surface area (Å²) in [5.74, 6) is 1.70. The van der Waals surface area contributed by atoms with Crippen LogP contribution >= 0.6 is 0 Å². The zero-order valence-corrected chi connectivity index (χ0v) is 11.7. The molecule has 0 atom stereocenters. The highest BCUT2D eigenvalue weighted by Gasteiger charge is 2.16. The van der Waals surface area contributed by atoms with E-state index in [1.54, 1.807) is 0 Å². The fourth-order valence-corrected chi connectivity index (χ4v) is 2.35. The molecule has 5 heteroatoms. The van der Waals surface area contributed by atoms with Crippen LogP contribution in [0.5, 0.6) is 5.75 Å². The summed E-state index contributed by atoms with van der Waals surface area (Å²) >= 11 is 0. The van der Waals surface area contributed by atoms with Gasteiger partial charge in [0.1, 0.15) is 5.75 Å². The lowest BCUT2D eigenvalue weighted by atomic mass is 10.1. The van der Waals surface area contributed by atoms with Crippen molar-refractivity contribution in [1.82, 2.24) is 10.2 Å². The molecule has 0 amide bonds. The molecule has 0 aliphatic carbocycles. The maximum Gasteiger partial charge on any atom is 0.315 e. The smallest absolute Gasteiger partial charge is 0.315 e. The predicted octanol–water partition coefficient (Wildman–Crippen LogP) is 2.96. The van der Waals surface area contributed by atoms with E-state index in [4.69, 9.17) is 9.15 Å². The SMILES string of the molecule is CCCCc1nnc(NCc2cccc3c2OCC3)o1. The number of para-hydroxylation sites is 1. The van der Waals surface area contributed by atoms with Crippen molar-refractivity contribution in [2.24, 2.45) is 0 Å². The van der Waals surface area contributed by atoms with Gasteiger partial charge in [0, 0.05) is 24.9 Å². The maximum atomic E-state index is 5.67. The summed E-state index contributed by atoms with van der Waals surface area (Å²) < 4.78 is 11.2. The summed E-state index contributed by atoms with van der Waals surface area (Å²) in [4.78, 5) is 0. The monoisotopic (exact) mass is 273 g/mol. The number of nitrogens with zero attached hydrogens (tertiary/aromatic N) is 2. The molecule has 0 radical (unpaired) electrons. The number of benzene rings is 1. The Hall–Kier alpha value is -2.04. The van der Waals surface area contributed by atoms with Crippen LogP contribution < -0.4 is 10.1 Å². The van der Waals surface area contributed by atoms with E-state index in [2.05, 4.69) is 40.6 Å². The summed E-state index contributed by atoms with van der Waals surface area (Å²) in [6, 6.07) is 6.71. The number of anilines is 1. The minimum atomic E-state index is 0.478. The molecule has 0 saturated heterocycles. The van der Waals surface area contributed by atoms with Gasteiger partial charge < -0.3 is 14.5 Å². The Balaban J connectivity index is 1.62. The summed E-state index contributed by atoms with van der Waals surface area (Å²) in [5.41, 5.74) is 2.41. The van der Waals surface area contributed by atoms with Crippen molar-refractivity contribution in [3.8, 4) is 5.75 Å². The van der Waals surface area contributed by atoms with Crippen molar-refractivity contribution in [2.75, 3.05) is 11.9 Å². The first-order valence-corrected chi connectivity index (χ1v) is 7.16. The molecule has 2 aromatic rings. The second-order valence-electron chi connectivity index (χ2n) is 4.96. The van der Waals surface area contributed by atoms with Crippen LogP contribution in [-0.4, -0.2) is 16.8 Å². The molecule has 1 aromatic heterocycles. The van der Waals surface area contributed by atoms with Gasteiger partial charge in [-0.2, -0.15) is 0 Å². The Morgan fingerprint density at radius 1 is 1.30 bits per heavy atom. The number of aromatic nitrogens is 2. The Bertz CT molecular complexity index is 580. The van der Waals surface area contributed by atoms with Crippen LogP contribution in [0, 0.1) is 0 Å². The van der Waals surface area contributed by atoms with Crippen LogP contribution in [0.3, 0.4) is 0 Å². The Labute approximate surface area is 118 Å². The summed E-state index contributed by atoms with van der Waals surface area (Å²) in [7, 11) is 0. The molecular weight excluding hydrogens is 254 g/mol. The fraction of sp³-hybridized carbons (Fsp3) is 0.467. The first-order valence-electron chi connectivity index (χ1n) is 7.16. The van der Waals surface area contributed by atoms with Gasteiger partial charge in [0.25, 0.3) is 0 Å². The van der Waals surface area contributed by atoms with E-state index >= 15 is 0 Å². The fourth-order valence-electron chi connectivity index (χ4n) is 2.35. The molecule has 1 aliphatic rings. The summed E-state index contributed by atoms with van der Waals surface area (Å²) in [5, 5.41) is 11.2. The number of ether oxygens (including phenoxy) is 1. The van der Waals surface area contributed by atoms with Crippen LogP contribution in [0.1, 0.15) is 36.8 Å². The zero-order valence-electron chi connectivity index (χ0n) is 11.7. The van der Waals surface area contributed by atoms with Crippen LogP contribution in [0.25, 0.3) is 0 Å². The number of rotatable bonds is 6. The summed E-state index contributed by atoms with van der Waals surface area (Å²) in [6.07, 6.45) is 4.03. The van der Waals surface area contributed by atoms with Crippen molar-refractivity contribution in [1.29, 1.82) is 0 Å². The van der Waals surface area contributed by atoms with Gasteiger partial charge in [0.15, 0.2) is 0 Å². The third-order valence-electron chi connectivity index (χ3n) is 3.44. The third kappa shape index (κ3) is 2.76. The minimum absolute atomic E-state index is 0.478. The standard InChI is InChI=1S/C15H19N3O2/c1-2-3-7-13-17-18-15(20-13)16-10-12-6-4-5-11-8-9-19-14(11)12/h4-6H,2-3,7-10H2,1H3,(H,16,18). The van der Waals surface area contributed by atoms with Crippen LogP contribution in [0.2, 0.25) is 0 Å². The number of hydrogen-bond acceptors (Lipinski definition) is 5. The first kappa shape index (κ1) is 13.0. The quantitative estimate of drug-likeness (QED) is 0.876. The number of aryl methyl sites for hydroxylation is 1. The van der Waals surface area contributed by atoms with Gasteiger partial charge in [-0.15, -0.1) is 5.10 Å². The lowest BCUT2D eigenvalue weighted by molar-refractivity contribution is 0.353. The molecular formula is C15H19N3O2. The molecule has 0 bridgehead atoms. The van der Waals surface area contributed by atoms with Crippen LogP contribution in [0.4, 0.5) is 6.01 Å². The highest BCUT2D eigenvalue weighted by atomic mass is 16.5. The Morgan fingerprint density at radius 2 is 2.25 bits per heavy atom. The Kier molecular flexibility index (Phi) is 3.85. The van der Waals surface area contributed by atoms with E-state index in [1.807, 2.05) is 0 Å². The van der Waals surface area contributed by atoms with Crippen LogP contribution in [0.15, 0.2) is 22.6 Å². The van der Waals surface area contributed by atoms with E-state index in [0.29, 0.717) is 18.5 Å². The number of fused-ring (bicyclic) bond motifs is 1. The van der Waals surface area contributed by atoms with Gasteiger partial charge in [-0.1, -0.05) is 36.6 Å². The molecule has 1 N–H and O–H groups in total. The second kappa shape index (κ2) is 5.94. The second-order valence-corrected chi connectivity index (χ2v) is 4.96. The van der Waals surface area contributed by atoms with Gasteiger partial charge in [-0.25, -0.2) is 0 Å². The van der Waals surface area contributed by atoms with E-state index in [-0.39, 0.29) is 0 Å². The molecule has 1 aromatic carbocycles. The average molecular weight is 273 g/mol. The molecule has 0 unspecified atom stereocenters. The molecule has 1 aliphatic heterocycles. The lowest BCUT2D eigenvalue weighted by Crippen LogP contribution is -2.01. The molecule has 20 heavy (non-hydrogen) atoms. The topological polar surface area (TPSA) is 60.2 Å². The zero-order chi connectivity index (χ0) is 13.8. The Morgan fingerprint density at radius 3 is 3.15 bits per heavy atom. The van der Waals surface area contributed by atoms with E-state index in [1.165, 1.54) is 5.56 Å². The molecule has 106 valence electrons. The number of unbranched alkanes of at least 4 members (excludes halogenated alkanes) is 1. The minimum Gasteiger partial charge on any atom is -0.493 e. The van der Waals surface area contributed by atoms with Gasteiger partial charge in [-0.3, -0.25) is 0 Å². The first-order chi connectivity index (χ1) is 9.86. The van der Waals surface area contributed by atoms with E-state index in [9.17, 15) is 0 Å². The molecule has 0 spiro atoms. The molecule has 0 fully saturated rings. The highest BCUT2D eigenvalue weighted by Crippen LogP contribution is 2.29. The normalized spacial score (nSPS) is 13.1. The van der Waals surface area contributed by atoms with E-state index < -0.39 is 0 Å². The predicted molar refractivity (Wildman–Crippen MR) is 75.9 cm³/mol. The van der Waals surface area contributed by atoms with Gasteiger partial charge >= 0.3 is 6.01 Å². The van der Waals surface area contributed by atoms with Gasteiger partial charge in [0.2, 0.25) is 5.89 Å². The molecule has 5 nitrogen and oxygen atoms in total. The maximum absolute atomic E-state index is 5.67. The molecule has 2 heterocycles. The van der Waals surface area contributed by atoms with Gasteiger partial charge in [0.05, 0.1) is 6.61 Å². The van der Waals surface area contributed by atoms with Crippen LogP contribution in [-0.2, 0) is 19.4 Å². The van der Waals surface area contributed by atoms with Crippen molar-refractivity contribution < 1.29 is 9.15 Å². The highest BCUT2D eigenvalue weighted by molar-refractivity contribution is 5.45. The average Bonchev–Trinajstić information content (AvgIpc) is 3.11. The largest absolute Gasteiger partial charge is 0.493 e. The third-order valence-corrected chi connectivity index (χ3v) is 3.44. The van der Waals surface area contributed by atoms with E-state index in [0.717, 1.165) is 43.6 Å². The number of hydrogen-bond donors (Lipinski definition) is 1.